The van der Waals surface area contributed by atoms with E-state index in [0.29, 0.717) is 34.8 Å². The minimum Gasteiger partial charge on any atom is -0.454 e. The molecule has 1 aliphatic heterocycles. The average molecular weight is 337 g/mol. The van der Waals surface area contributed by atoms with Crippen molar-refractivity contribution in [3.8, 4) is 11.5 Å². The van der Waals surface area contributed by atoms with Crippen molar-refractivity contribution in [2.75, 3.05) is 12.1 Å². The second-order valence-corrected chi connectivity index (χ2v) is 5.52. The molecule has 0 fully saturated rings. The van der Waals surface area contributed by atoms with Crippen molar-refractivity contribution in [1.29, 1.82) is 0 Å². The number of aromatic nitrogens is 2. The van der Waals surface area contributed by atoms with Gasteiger partial charge in [-0.3, -0.25) is 9.59 Å². The maximum atomic E-state index is 12.6. The molecule has 2 aromatic carbocycles. The van der Waals surface area contributed by atoms with E-state index in [0.717, 1.165) is 0 Å². The molecule has 0 saturated carbocycles. The number of para-hydroxylation sites is 2. The molecule has 0 spiro atoms. The van der Waals surface area contributed by atoms with Gasteiger partial charge in [0.05, 0.1) is 11.0 Å². The summed E-state index contributed by atoms with van der Waals surface area (Å²) in [6.07, 6.45) is 0. The van der Waals surface area contributed by atoms with Crippen LogP contribution in [0.5, 0.6) is 11.5 Å². The number of nitrogens with one attached hydrogen (secondary N) is 1. The van der Waals surface area contributed by atoms with Crippen LogP contribution >= 0.6 is 0 Å². The smallest absolute Gasteiger partial charge is 0.282 e. The first-order valence-electron chi connectivity index (χ1n) is 7.88. The van der Waals surface area contributed by atoms with E-state index in [2.05, 4.69) is 10.3 Å². The van der Waals surface area contributed by atoms with Crippen molar-refractivity contribution in [3.63, 3.8) is 0 Å². The zero-order valence-corrected chi connectivity index (χ0v) is 13.5. The lowest BCUT2D eigenvalue weighted by Gasteiger charge is -2.10. The minimum atomic E-state index is -0.559. The lowest BCUT2D eigenvalue weighted by molar-refractivity contribution is 0.102. The molecular weight excluding hydrogens is 322 g/mol. The average Bonchev–Trinajstić information content (AvgIpc) is 3.09. The van der Waals surface area contributed by atoms with E-state index in [1.54, 1.807) is 24.3 Å². The highest BCUT2D eigenvalue weighted by molar-refractivity contribution is 6.03. The molecule has 0 bridgehead atoms. The van der Waals surface area contributed by atoms with Gasteiger partial charge in [-0.15, -0.1) is 0 Å². The topological polar surface area (TPSA) is 82.5 Å². The summed E-state index contributed by atoms with van der Waals surface area (Å²) in [5.74, 6) is 0.613. The second kappa shape index (κ2) is 5.94. The first-order valence-corrected chi connectivity index (χ1v) is 7.88. The third kappa shape index (κ3) is 2.59. The molecule has 0 unspecified atom stereocenters. The molecular formula is C18H15N3O4. The number of carbonyl (C=O) groups is 1. The molecule has 1 amide bonds. The molecule has 0 atom stereocenters. The molecule has 7 heteroatoms. The van der Waals surface area contributed by atoms with Crippen LogP contribution in [0.4, 0.5) is 5.69 Å². The Hall–Kier alpha value is -3.35. The van der Waals surface area contributed by atoms with Gasteiger partial charge in [-0.25, -0.2) is 4.98 Å². The van der Waals surface area contributed by atoms with Gasteiger partial charge in [0, 0.05) is 18.3 Å². The van der Waals surface area contributed by atoms with E-state index in [-0.39, 0.29) is 12.5 Å². The van der Waals surface area contributed by atoms with Crippen molar-refractivity contribution in [3.05, 3.63) is 58.5 Å². The Morgan fingerprint density at radius 1 is 1.20 bits per heavy atom. The first kappa shape index (κ1) is 15.2. The predicted octanol–water partition coefficient (Wildman–Crippen LogP) is 2.40. The molecule has 25 heavy (non-hydrogen) atoms. The van der Waals surface area contributed by atoms with Crippen LogP contribution in [0.2, 0.25) is 0 Å². The molecule has 4 rings (SSSR count). The number of hydrogen-bond donors (Lipinski definition) is 1. The highest BCUT2D eigenvalue weighted by atomic mass is 16.7. The summed E-state index contributed by atoms with van der Waals surface area (Å²) in [7, 11) is 0. The zero-order chi connectivity index (χ0) is 17.4. The Kier molecular flexibility index (Phi) is 3.61. The fourth-order valence-corrected chi connectivity index (χ4v) is 2.82. The highest BCUT2D eigenvalue weighted by Gasteiger charge is 2.19. The van der Waals surface area contributed by atoms with Gasteiger partial charge >= 0.3 is 0 Å². The van der Waals surface area contributed by atoms with Crippen LogP contribution in [0, 0.1) is 0 Å². The number of aryl methyl sites for hydroxylation is 1. The monoisotopic (exact) mass is 337 g/mol. The van der Waals surface area contributed by atoms with Crippen LogP contribution in [0.3, 0.4) is 0 Å². The third-order valence-electron chi connectivity index (χ3n) is 4.01. The van der Waals surface area contributed by atoms with Crippen LogP contribution in [0.1, 0.15) is 17.4 Å². The van der Waals surface area contributed by atoms with Crippen LogP contribution in [0.25, 0.3) is 11.0 Å². The number of carbonyl (C=O) groups excluding carboxylic acids is 1. The lowest BCUT2D eigenvalue weighted by Crippen LogP contribution is -2.30. The number of rotatable bonds is 3. The largest absolute Gasteiger partial charge is 0.454 e. The first-order chi connectivity index (χ1) is 12.2. The number of anilines is 1. The SMILES string of the molecule is CCn1c(=O)c(C(=O)Nc2ccc3c(c2)OCO3)nc2ccccc21. The Labute approximate surface area is 142 Å². The molecule has 2 heterocycles. The van der Waals surface area contributed by atoms with Crippen LogP contribution in [0.15, 0.2) is 47.3 Å². The van der Waals surface area contributed by atoms with Crippen molar-refractivity contribution in [2.24, 2.45) is 0 Å². The number of fused-ring (bicyclic) bond motifs is 2. The van der Waals surface area contributed by atoms with Gasteiger partial charge in [0.25, 0.3) is 11.5 Å². The van der Waals surface area contributed by atoms with Gasteiger partial charge in [0.2, 0.25) is 6.79 Å². The number of ether oxygens (including phenoxy) is 2. The molecule has 126 valence electrons. The number of benzene rings is 2. The Bertz CT molecular complexity index is 1040. The van der Waals surface area contributed by atoms with Crippen LogP contribution < -0.4 is 20.3 Å². The van der Waals surface area contributed by atoms with E-state index in [9.17, 15) is 9.59 Å². The van der Waals surface area contributed by atoms with E-state index in [4.69, 9.17) is 9.47 Å². The van der Waals surface area contributed by atoms with Crippen molar-refractivity contribution in [2.45, 2.75) is 13.5 Å². The quantitative estimate of drug-likeness (QED) is 0.793. The molecule has 0 aliphatic carbocycles. The van der Waals surface area contributed by atoms with Gasteiger partial charge in [-0.05, 0) is 31.2 Å². The van der Waals surface area contributed by atoms with Gasteiger partial charge < -0.3 is 19.4 Å². The van der Waals surface area contributed by atoms with E-state index in [1.165, 1.54) is 4.57 Å². The molecule has 1 aromatic heterocycles. The van der Waals surface area contributed by atoms with Gasteiger partial charge in [0.1, 0.15) is 0 Å². The Morgan fingerprint density at radius 2 is 2.00 bits per heavy atom. The van der Waals surface area contributed by atoms with E-state index < -0.39 is 11.5 Å². The van der Waals surface area contributed by atoms with Gasteiger partial charge in [0.15, 0.2) is 17.2 Å². The molecule has 3 aromatic rings. The van der Waals surface area contributed by atoms with Crippen LogP contribution in [-0.4, -0.2) is 22.3 Å². The second-order valence-electron chi connectivity index (χ2n) is 5.52. The molecule has 7 nitrogen and oxygen atoms in total. The summed E-state index contributed by atoms with van der Waals surface area (Å²) in [5.41, 5.74) is 1.25. The van der Waals surface area contributed by atoms with Gasteiger partial charge in [-0.1, -0.05) is 12.1 Å². The van der Waals surface area contributed by atoms with Gasteiger partial charge in [-0.2, -0.15) is 0 Å². The molecule has 1 aliphatic rings. The number of amides is 1. The summed E-state index contributed by atoms with van der Waals surface area (Å²) in [6, 6.07) is 12.3. The molecule has 0 radical (unpaired) electrons. The normalized spacial score (nSPS) is 12.4. The Morgan fingerprint density at radius 3 is 2.84 bits per heavy atom. The summed E-state index contributed by atoms with van der Waals surface area (Å²) in [4.78, 5) is 29.5. The molecule has 1 N–H and O–H groups in total. The summed E-state index contributed by atoms with van der Waals surface area (Å²) < 4.78 is 12.1. The lowest BCUT2D eigenvalue weighted by atomic mass is 10.2. The van der Waals surface area contributed by atoms with Crippen molar-refractivity contribution >= 4 is 22.6 Å². The fourth-order valence-electron chi connectivity index (χ4n) is 2.82. The fraction of sp³-hybridized carbons (Fsp3) is 0.167. The van der Waals surface area contributed by atoms with Crippen molar-refractivity contribution in [1.82, 2.24) is 9.55 Å². The summed E-state index contributed by atoms with van der Waals surface area (Å²) in [6.45, 7) is 2.46. The predicted molar refractivity (Wildman–Crippen MR) is 92.2 cm³/mol. The minimum absolute atomic E-state index is 0.141. The summed E-state index contributed by atoms with van der Waals surface area (Å²) >= 11 is 0. The maximum absolute atomic E-state index is 12.6. The van der Waals surface area contributed by atoms with E-state index >= 15 is 0 Å². The highest BCUT2D eigenvalue weighted by Crippen LogP contribution is 2.34. The van der Waals surface area contributed by atoms with Crippen LogP contribution in [-0.2, 0) is 6.54 Å². The standard InChI is InChI=1S/C18H15N3O4/c1-2-21-13-6-4-3-5-12(13)20-16(18(21)23)17(22)19-11-7-8-14-15(9-11)25-10-24-14/h3-9H,2,10H2,1H3,(H,19,22). The maximum Gasteiger partial charge on any atom is 0.282 e. The zero-order valence-electron chi connectivity index (χ0n) is 13.5. The third-order valence-corrected chi connectivity index (χ3v) is 4.01. The number of nitrogens with zero attached hydrogens (tertiary/aromatic N) is 2. The number of hydrogen-bond acceptors (Lipinski definition) is 5. The van der Waals surface area contributed by atoms with E-state index in [1.807, 2.05) is 25.1 Å². The summed E-state index contributed by atoms with van der Waals surface area (Å²) in [5, 5.41) is 2.69. The Balaban J connectivity index is 1.73. The molecule has 0 saturated heterocycles. The van der Waals surface area contributed by atoms with Crippen molar-refractivity contribution < 1.29 is 14.3 Å².